The SMILES string of the molecule is Cc1cc(OCCCC(C)Oc2cccc3ccc(N)nc23)cc(C(C)C)c1. The minimum atomic E-state index is 0.0705. The molecule has 2 aromatic carbocycles. The minimum absolute atomic E-state index is 0.0705. The smallest absolute Gasteiger partial charge is 0.146 e. The van der Waals surface area contributed by atoms with Gasteiger partial charge in [0.25, 0.3) is 0 Å². The van der Waals surface area contributed by atoms with E-state index >= 15 is 0 Å². The summed E-state index contributed by atoms with van der Waals surface area (Å²) in [5.41, 5.74) is 9.20. The fourth-order valence-electron chi connectivity index (χ4n) is 3.26. The Morgan fingerprint density at radius 2 is 1.86 bits per heavy atom. The molecule has 4 heteroatoms. The third-order valence-corrected chi connectivity index (χ3v) is 4.80. The van der Waals surface area contributed by atoms with E-state index in [2.05, 4.69) is 50.9 Å². The van der Waals surface area contributed by atoms with Crippen molar-refractivity contribution < 1.29 is 9.47 Å². The molecular weight excluding hydrogens is 348 g/mol. The van der Waals surface area contributed by atoms with Gasteiger partial charge in [-0.15, -0.1) is 0 Å². The predicted molar refractivity (Wildman–Crippen MR) is 116 cm³/mol. The molecule has 0 bridgehead atoms. The number of fused-ring (bicyclic) bond motifs is 1. The highest BCUT2D eigenvalue weighted by Gasteiger charge is 2.09. The van der Waals surface area contributed by atoms with Crippen molar-refractivity contribution in [2.45, 2.75) is 52.6 Å². The van der Waals surface area contributed by atoms with Crippen molar-refractivity contribution in [3.8, 4) is 11.5 Å². The number of nitrogens with zero attached hydrogens (tertiary/aromatic N) is 1. The molecule has 1 aromatic heterocycles. The van der Waals surface area contributed by atoms with Gasteiger partial charge in [0.2, 0.25) is 0 Å². The standard InChI is InChI=1S/C24H30N2O2/c1-16(2)20-13-17(3)14-21(15-20)27-12-6-7-18(4)28-22-9-5-8-19-10-11-23(25)26-24(19)22/h5,8-11,13-16,18H,6-7,12H2,1-4H3,(H2,25,26). The van der Waals surface area contributed by atoms with Gasteiger partial charge in [0.05, 0.1) is 12.7 Å². The Morgan fingerprint density at radius 1 is 1.04 bits per heavy atom. The summed E-state index contributed by atoms with van der Waals surface area (Å²) in [4.78, 5) is 4.42. The first-order chi connectivity index (χ1) is 13.4. The number of nitrogen functional groups attached to an aromatic ring is 1. The van der Waals surface area contributed by atoms with Crippen molar-refractivity contribution >= 4 is 16.7 Å². The average Bonchev–Trinajstić information content (AvgIpc) is 2.65. The van der Waals surface area contributed by atoms with E-state index in [1.54, 1.807) is 0 Å². The van der Waals surface area contributed by atoms with Gasteiger partial charge in [-0.3, -0.25) is 0 Å². The number of nitrogens with two attached hydrogens (primary N) is 1. The zero-order valence-electron chi connectivity index (χ0n) is 17.2. The molecule has 1 heterocycles. The molecule has 3 rings (SSSR count). The van der Waals surface area contributed by atoms with Crippen LogP contribution in [-0.4, -0.2) is 17.7 Å². The van der Waals surface area contributed by atoms with Gasteiger partial charge in [-0.2, -0.15) is 0 Å². The second kappa shape index (κ2) is 8.96. The van der Waals surface area contributed by atoms with E-state index in [0.717, 1.165) is 35.2 Å². The van der Waals surface area contributed by atoms with Crippen molar-refractivity contribution in [2.75, 3.05) is 12.3 Å². The van der Waals surface area contributed by atoms with Crippen LogP contribution >= 0.6 is 0 Å². The quantitative estimate of drug-likeness (QED) is 0.498. The number of aryl methyl sites for hydroxylation is 1. The Balaban J connectivity index is 1.53. The van der Waals surface area contributed by atoms with Crippen molar-refractivity contribution in [3.63, 3.8) is 0 Å². The maximum absolute atomic E-state index is 6.13. The minimum Gasteiger partial charge on any atom is -0.494 e. The van der Waals surface area contributed by atoms with E-state index in [9.17, 15) is 0 Å². The summed E-state index contributed by atoms with van der Waals surface area (Å²) in [6, 6.07) is 16.2. The molecule has 0 spiro atoms. The zero-order valence-corrected chi connectivity index (χ0v) is 17.2. The monoisotopic (exact) mass is 378 g/mol. The number of pyridine rings is 1. The molecule has 28 heavy (non-hydrogen) atoms. The lowest BCUT2D eigenvalue weighted by molar-refractivity contribution is 0.195. The van der Waals surface area contributed by atoms with Crippen molar-refractivity contribution in [2.24, 2.45) is 0 Å². The summed E-state index contributed by atoms with van der Waals surface area (Å²) in [5.74, 6) is 2.73. The van der Waals surface area contributed by atoms with Gasteiger partial charge >= 0.3 is 0 Å². The van der Waals surface area contributed by atoms with Gasteiger partial charge in [-0.05, 0) is 74.1 Å². The van der Waals surface area contributed by atoms with Crippen LogP contribution in [0.2, 0.25) is 0 Å². The van der Waals surface area contributed by atoms with Crippen molar-refractivity contribution in [1.29, 1.82) is 0 Å². The van der Waals surface area contributed by atoms with Crippen molar-refractivity contribution in [3.05, 3.63) is 59.7 Å². The molecule has 0 amide bonds. The first-order valence-electron chi connectivity index (χ1n) is 9.98. The highest BCUT2D eigenvalue weighted by molar-refractivity contribution is 5.85. The lowest BCUT2D eigenvalue weighted by Crippen LogP contribution is -2.14. The molecule has 0 aliphatic heterocycles. The molecule has 3 aromatic rings. The maximum atomic E-state index is 6.13. The van der Waals surface area contributed by atoms with Gasteiger partial charge in [-0.25, -0.2) is 4.98 Å². The third-order valence-electron chi connectivity index (χ3n) is 4.80. The highest BCUT2D eigenvalue weighted by Crippen LogP contribution is 2.26. The van der Waals surface area contributed by atoms with E-state index in [1.165, 1.54) is 11.1 Å². The van der Waals surface area contributed by atoms with Gasteiger partial charge in [0, 0.05) is 5.39 Å². The summed E-state index contributed by atoms with van der Waals surface area (Å²) in [5, 5.41) is 1.03. The van der Waals surface area contributed by atoms with Gasteiger partial charge in [0.1, 0.15) is 22.8 Å². The second-order valence-corrected chi connectivity index (χ2v) is 7.72. The number of anilines is 1. The van der Waals surface area contributed by atoms with Crippen LogP contribution < -0.4 is 15.2 Å². The summed E-state index contributed by atoms with van der Waals surface area (Å²) >= 11 is 0. The molecule has 148 valence electrons. The van der Waals surface area contributed by atoms with E-state index in [4.69, 9.17) is 15.2 Å². The lowest BCUT2D eigenvalue weighted by Gasteiger charge is -2.16. The molecule has 2 N–H and O–H groups in total. The molecule has 0 aliphatic carbocycles. The topological polar surface area (TPSA) is 57.4 Å². The number of rotatable bonds is 8. The number of aromatic nitrogens is 1. The van der Waals surface area contributed by atoms with Crippen LogP contribution in [0.3, 0.4) is 0 Å². The Hall–Kier alpha value is -2.75. The summed E-state index contributed by atoms with van der Waals surface area (Å²) < 4.78 is 12.1. The normalized spacial score (nSPS) is 12.3. The Kier molecular flexibility index (Phi) is 6.40. The Labute approximate surface area is 167 Å². The molecular formula is C24H30N2O2. The van der Waals surface area contributed by atoms with E-state index < -0.39 is 0 Å². The molecule has 0 saturated carbocycles. The Bertz CT molecular complexity index is 937. The largest absolute Gasteiger partial charge is 0.494 e. The summed E-state index contributed by atoms with van der Waals surface area (Å²) in [6.07, 6.45) is 1.90. The fourth-order valence-corrected chi connectivity index (χ4v) is 3.26. The Morgan fingerprint density at radius 3 is 2.64 bits per heavy atom. The summed E-state index contributed by atoms with van der Waals surface area (Å²) in [7, 11) is 0. The van der Waals surface area contributed by atoms with Crippen LogP contribution in [0.5, 0.6) is 11.5 Å². The van der Waals surface area contributed by atoms with E-state index in [1.807, 2.05) is 30.3 Å². The van der Waals surface area contributed by atoms with Gasteiger partial charge in [-0.1, -0.05) is 32.0 Å². The number of ether oxygens (including phenoxy) is 2. The molecule has 0 aliphatic rings. The molecule has 0 radical (unpaired) electrons. The highest BCUT2D eigenvalue weighted by atomic mass is 16.5. The first kappa shape index (κ1) is 20.0. The third kappa shape index (κ3) is 5.16. The average molecular weight is 379 g/mol. The molecule has 0 fully saturated rings. The van der Waals surface area contributed by atoms with Crippen LogP contribution in [0, 0.1) is 6.92 Å². The lowest BCUT2D eigenvalue weighted by atomic mass is 10.0. The fraction of sp³-hybridized carbons (Fsp3) is 0.375. The molecule has 4 nitrogen and oxygen atoms in total. The number of para-hydroxylation sites is 1. The van der Waals surface area contributed by atoms with Crippen LogP contribution in [0.25, 0.3) is 10.9 Å². The zero-order chi connectivity index (χ0) is 20.1. The number of hydrogen-bond donors (Lipinski definition) is 1. The van der Waals surface area contributed by atoms with Gasteiger partial charge < -0.3 is 15.2 Å². The summed E-state index contributed by atoms with van der Waals surface area (Å²) in [6.45, 7) is 9.27. The van der Waals surface area contributed by atoms with E-state index in [0.29, 0.717) is 18.3 Å². The van der Waals surface area contributed by atoms with E-state index in [-0.39, 0.29) is 6.10 Å². The molecule has 1 unspecified atom stereocenters. The molecule has 1 atom stereocenters. The van der Waals surface area contributed by atoms with Crippen LogP contribution in [0.1, 0.15) is 50.7 Å². The van der Waals surface area contributed by atoms with Crippen LogP contribution in [-0.2, 0) is 0 Å². The second-order valence-electron chi connectivity index (χ2n) is 7.72. The molecule has 0 saturated heterocycles. The van der Waals surface area contributed by atoms with Crippen LogP contribution in [0.15, 0.2) is 48.5 Å². The van der Waals surface area contributed by atoms with Crippen LogP contribution in [0.4, 0.5) is 5.82 Å². The number of benzene rings is 2. The first-order valence-corrected chi connectivity index (χ1v) is 9.98. The predicted octanol–water partition coefficient (Wildman–Crippen LogP) is 5.88. The van der Waals surface area contributed by atoms with Crippen molar-refractivity contribution in [1.82, 2.24) is 4.98 Å². The maximum Gasteiger partial charge on any atom is 0.146 e. The van der Waals surface area contributed by atoms with Gasteiger partial charge in [0.15, 0.2) is 0 Å². The number of hydrogen-bond acceptors (Lipinski definition) is 4.